The number of aliphatic hydroxyl groups is 1. The minimum Gasteiger partial charge on any atom is -0.502 e. The molecule has 0 fully saturated rings. The van der Waals surface area contributed by atoms with Crippen molar-refractivity contribution >= 4 is 5.97 Å². The van der Waals surface area contributed by atoms with E-state index in [1.54, 1.807) is 6.92 Å². The summed E-state index contributed by atoms with van der Waals surface area (Å²) in [5, 5.41) is 9.58. The molecule has 0 rings (SSSR count). The topological polar surface area (TPSA) is 46.5 Å². The van der Waals surface area contributed by atoms with Crippen LogP contribution in [0.1, 0.15) is 52.9 Å². The third kappa shape index (κ3) is 7.40. The quantitative estimate of drug-likeness (QED) is 0.310. The largest absolute Gasteiger partial charge is 0.502 e. The SMILES string of the molecule is CCCOC(=O)C(O)=C(C)CCCCC(C)C(F)(F)F. The minimum atomic E-state index is -4.16. The van der Waals surface area contributed by atoms with Gasteiger partial charge in [0.1, 0.15) is 0 Å². The molecule has 0 aliphatic heterocycles. The molecule has 0 radical (unpaired) electrons. The fourth-order valence-electron chi connectivity index (χ4n) is 1.56. The van der Waals surface area contributed by atoms with Gasteiger partial charge in [0.25, 0.3) is 0 Å². The van der Waals surface area contributed by atoms with E-state index in [0.29, 0.717) is 31.3 Å². The first-order valence-corrected chi connectivity index (χ1v) is 6.82. The molecule has 1 atom stereocenters. The molecule has 0 heterocycles. The van der Waals surface area contributed by atoms with Crippen LogP contribution in [-0.4, -0.2) is 23.9 Å². The Kier molecular flexibility index (Phi) is 8.34. The van der Waals surface area contributed by atoms with Crippen molar-refractivity contribution in [3.63, 3.8) is 0 Å². The second-order valence-electron chi connectivity index (χ2n) is 4.95. The number of hydrogen-bond acceptors (Lipinski definition) is 3. The van der Waals surface area contributed by atoms with Gasteiger partial charge in [-0.3, -0.25) is 0 Å². The van der Waals surface area contributed by atoms with Gasteiger partial charge in [0, 0.05) is 0 Å². The van der Waals surface area contributed by atoms with Crippen LogP contribution >= 0.6 is 0 Å². The highest BCUT2D eigenvalue weighted by Gasteiger charge is 2.34. The van der Waals surface area contributed by atoms with Crippen molar-refractivity contribution in [1.82, 2.24) is 0 Å². The highest BCUT2D eigenvalue weighted by molar-refractivity contribution is 5.86. The van der Waals surface area contributed by atoms with Gasteiger partial charge in [0.05, 0.1) is 12.5 Å². The van der Waals surface area contributed by atoms with Crippen LogP contribution in [0.2, 0.25) is 0 Å². The van der Waals surface area contributed by atoms with Crippen LogP contribution in [-0.2, 0) is 9.53 Å². The normalized spacial score (nSPS) is 14.7. The molecule has 0 spiro atoms. The van der Waals surface area contributed by atoms with Gasteiger partial charge in [-0.2, -0.15) is 13.2 Å². The summed E-state index contributed by atoms with van der Waals surface area (Å²) in [5.74, 6) is -2.52. The van der Waals surface area contributed by atoms with E-state index in [2.05, 4.69) is 0 Å². The number of carbonyl (C=O) groups is 1. The van der Waals surface area contributed by atoms with Crippen molar-refractivity contribution in [2.45, 2.75) is 59.1 Å². The Hall–Kier alpha value is -1.20. The fraction of sp³-hybridized carbons (Fsp3) is 0.786. The molecule has 0 bridgehead atoms. The average molecular weight is 296 g/mol. The molecule has 6 heteroatoms. The summed E-state index contributed by atoms with van der Waals surface area (Å²) in [5.41, 5.74) is 0.450. The maximum atomic E-state index is 12.3. The summed E-state index contributed by atoms with van der Waals surface area (Å²) in [7, 11) is 0. The number of rotatable bonds is 8. The highest BCUT2D eigenvalue weighted by atomic mass is 19.4. The first kappa shape index (κ1) is 18.8. The number of halogens is 3. The second kappa shape index (κ2) is 8.87. The first-order chi connectivity index (χ1) is 9.20. The average Bonchev–Trinajstić information content (AvgIpc) is 2.38. The van der Waals surface area contributed by atoms with E-state index in [4.69, 9.17) is 4.74 Å². The van der Waals surface area contributed by atoms with Gasteiger partial charge in [-0.05, 0) is 38.2 Å². The van der Waals surface area contributed by atoms with E-state index in [1.807, 2.05) is 6.92 Å². The van der Waals surface area contributed by atoms with Gasteiger partial charge in [-0.25, -0.2) is 4.79 Å². The maximum Gasteiger partial charge on any atom is 0.391 e. The van der Waals surface area contributed by atoms with Crippen LogP contribution in [0.5, 0.6) is 0 Å². The standard InChI is InChI=1S/C14H23F3O3/c1-4-9-20-13(19)12(18)10(2)7-5-6-8-11(3)14(15,16)17/h11,18H,4-9H2,1-3H3. The summed E-state index contributed by atoms with van der Waals surface area (Å²) < 4.78 is 41.6. The van der Waals surface area contributed by atoms with Gasteiger partial charge in [-0.1, -0.05) is 20.3 Å². The smallest absolute Gasteiger partial charge is 0.391 e. The monoisotopic (exact) mass is 296 g/mol. The van der Waals surface area contributed by atoms with E-state index in [1.165, 1.54) is 0 Å². The Balaban J connectivity index is 4.09. The van der Waals surface area contributed by atoms with Crippen LogP contribution in [0.3, 0.4) is 0 Å². The molecule has 1 unspecified atom stereocenters. The Morgan fingerprint density at radius 1 is 1.30 bits per heavy atom. The zero-order chi connectivity index (χ0) is 15.8. The number of aliphatic hydroxyl groups excluding tert-OH is 1. The zero-order valence-electron chi connectivity index (χ0n) is 12.2. The molecule has 20 heavy (non-hydrogen) atoms. The number of unbranched alkanes of at least 4 members (excludes halogenated alkanes) is 1. The van der Waals surface area contributed by atoms with Crippen LogP contribution in [0.25, 0.3) is 0 Å². The lowest BCUT2D eigenvalue weighted by atomic mass is 10.0. The molecule has 3 nitrogen and oxygen atoms in total. The molecular weight excluding hydrogens is 273 g/mol. The first-order valence-electron chi connectivity index (χ1n) is 6.82. The van der Waals surface area contributed by atoms with Crippen LogP contribution < -0.4 is 0 Å². The molecular formula is C14H23F3O3. The molecule has 0 aromatic rings. The third-order valence-corrected chi connectivity index (χ3v) is 3.03. The summed E-state index contributed by atoms with van der Waals surface area (Å²) in [4.78, 5) is 11.3. The molecule has 0 aliphatic carbocycles. The van der Waals surface area contributed by atoms with Crippen molar-refractivity contribution in [2.24, 2.45) is 5.92 Å². The predicted molar refractivity (Wildman–Crippen MR) is 70.3 cm³/mol. The molecule has 0 aliphatic rings. The second-order valence-corrected chi connectivity index (χ2v) is 4.95. The van der Waals surface area contributed by atoms with Gasteiger partial charge in [-0.15, -0.1) is 0 Å². The summed E-state index contributed by atoms with van der Waals surface area (Å²) in [6, 6.07) is 0. The summed E-state index contributed by atoms with van der Waals surface area (Å²) in [6.07, 6.45) is -2.16. The van der Waals surface area contributed by atoms with Crippen molar-refractivity contribution in [2.75, 3.05) is 6.61 Å². The molecule has 0 saturated heterocycles. The van der Waals surface area contributed by atoms with Crippen molar-refractivity contribution in [3.05, 3.63) is 11.3 Å². The number of carbonyl (C=O) groups excluding carboxylic acids is 1. The molecule has 0 amide bonds. The van der Waals surface area contributed by atoms with E-state index < -0.39 is 23.8 Å². The Labute approximate surface area is 117 Å². The molecule has 0 saturated carbocycles. The Bertz CT molecular complexity index is 335. The Morgan fingerprint density at radius 3 is 2.40 bits per heavy atom. The molecule has 0 aromatic heterocycles. The predicted octanol–water partition coefficient (Wildman–Crippen LogP) is 4.53. The minimum absolute atomic E-state index is 0.0534. The Morgan fingerprint density at radius 2 is 1.90 bits per heavy atom. The van der Waals surface area contributed by atoms with E-state index >= 15 is 0 Å². The molecule has 118 valence electrons. The number of allylic oxidation sites excluding steroid dienone is 1. The maximum absolute atomic E-state index is 12.3. The lowest BCUT2D eigenvalue weighted by molar-refractivity contribution is -0.171. The van der Waals surface area contributed by atoms with Crippen molar-refractivity contribution in [1.29, 1.82) is 0 Å². The molecule has 1 N–H and O–H groups in total. The lowest BCUT2D eigenvalue weighted by Crippen LogP contribution is -2.19. The number of hydrogen-bond donors (Lipinski definition) is 1. The number of alkyl halides is 3. The van der Waals surface area contributed by atoms with E-state index in [9.17, 15) is 23.1 Å². The summed E-state index contributed by atoms with van der Waals surface area (Å²) in [6.45, 7) is 4.81. The van der Waals surface area contributed by atoms with E-state index in [0.717, 1.165) is 6.92 Å². The van der Waals surface area contributed by atoms with Gasteiger partial charge >= 0.3 is 12.1 Å². The zero-order valence-corrected chi connectivity index (χ0v) is 12.2. The number of ether oxygens (including phenoxy) is 1. The van der Waals surface area contributed by atoms with Crippen molar-refractivity contribution < 1.29 is 27.8 Å². The summed E-state index contributed by atoms with van der Waals surface area (Å²) >= 11 is 0. The molecule has 0 aromatic carbocycles. The van der Waals surface area contributed by atoms with E-state index in [-0.39, 0.29) is 13.0 Å². The highest BCUT2D eigenvalue weighted by Crippen LogP contribution is 2.29. The van der Waals surface area contributed by atoms with Gasteiger partial charge < -0.3 is 9.84 Å². The van der Waals surface area contributed by atoms with Gasteiger partial charge in [0.2, 0.25) is 5.76 Å². The van der Waals surface area contributed by atoms with Crippen LogP contribution in [0.4, 0.5) is 13.2 Å². The third-order valence-electron chi connectivity index (χ3n) is 3.03. The number of esters is 1. The van der Waals surface area contributed by atoms with Crippen LogP contribution in [0, 0.1) is 5.92 Å². The van der Waals surface area contributed by atoms with Crippen molar-refractivity contribution in [3.8, 4) is 0 Å². The van der Waals surface area contributed by atoms with Gasteiger partial charge in [0.15, 0.2) is 0 Å². The lowest BCUT2D eigenvalue weighted by Gasteiger charge is -2.15. The fourth-order valence-corrected chi connectivity index (χ4v) is 1.56. The van der Waals surface area contributed by atoms with Crippen LogP contribution in [0.15, 0.2) is 11.3 Å².